The van der Waals surface area contributed by atoms with Crippen molar-refractivity contribution in [1.82, 2.24) is 25.3 Å². The first-order valence-corrected chi connectivity index (χ1v) is 8.20. The van der Waals surface area contributed by atoms with E-state index < -0.39 is 0 Å². The Kier molecular flexibility index (Phi) is 4.68. The molecule has 0 aliphatic rings. The minimum Gasteiger partial charge on any atom is -0.473 e. The van der Waals surface area contributed by atoms with Crippen molar-refractivity contribution in [1.29, 1.82) is 0 Å². The molecule has 0 amide bonds. The Balaban J connectivity index is 1.33. The fourth-order valence-corrected chi connectivity index (χ4v) is 2.29. The van der Waals surface area contributed by atoms with E-state index in [1.165, 1.54) is 0 Å². The molecule has 27 heavy (non-hydrogen) atoms. The van der Waals surface area contributed by atoms with Crippen LogP contribution in [0.15, 0.2) is 51.9 Å². The van der Waals surface area contributed by atoms with Gasteiger partial charge in [-0.1, -0.05) is 5.16 Å². The molecule has 10 heteroatoms. The van der Waals surface area contributed by atoms with Crippen LogP contribution in [0.2, 0.25) is 0 Å². The van der Waals surface area contributed by atoms with Gasteiger partial charge in [0.1, 0.15) is 12.4 Å². The molecule has 0 atom stereocenters. The summed E-state index contributed by atoms with van der Waals surface area (Å²) in [6, 6.07) is 7.17. The molecule has 0 aromatic carbocycles. The lowest BCUT2D eigenvalue weighted by Crippen LogP contribution is -2.04. The minimum absolute atomic E-state index is 0.390. The lowest BCUT2D eigenvalue weighted by Gasteiger charge is -2.05. The number of H-pyrrole nitrogens is 1. The molecule has 0 unspecified atom stereocenters. The molecule has 0 fully saturated rings. The first kappa shape index (κ1) is 16.6. The number of aryl methyl sites for hydroxylation is 1. The molecule has 3 N–H and O–H groups in total. The molecule has 0 spiro atoms. The number of nitrogens with one attached hydrogen (secondary N) is 3. The lowest BCUT2D eigenvalue weighted by atomic mass is 10.4. The molecule has 4 rings (SSSR count). The molecule has 0 aliphatic carbocycles. The molecule has 0 saturated carbocycles. The van der Waals surface area contributed by atoms with Gasteiger partial charge in [0.2, 0.25) is 11.8 Å². The number of furan rings is 1. The van der Waals surface area contributed by atoms with Gasteiger partial charge in [-0.2, -0.15) is 10.1 Å². The molecular weight excluding hydrogens is 350 g/mol. The highest BCUT2D eigenvalue weighted by molar-refractivity contribution is 5.53. The number of hydrogen-bond donors (Lipinski definition) is 3. The summed E-state index contributed by atoms with van der Waals surface area (Å²) in [5, 5.41) is 17.0. The Hall–Kier alpha value is -3.82. The lowest BCUT2D eigenvalue weighted by molar-refractivity contribution is 0.292. The van der Waals surface area contributed by atoms with Crippen molar-refractivity contribution in [3.63, 3.8) is 0 Å². The second-order valence-corrected chi connectivity index (χ2v) is 5.72. The van der Waals surface area contributed by atoms with Gasteiger partial charge >= 0.3 is 0 Å². The highest BCUT2D eigenvalue weighted by atomic mass is 16.5. The summed E-state index contributed by atoms with van der Waals surface area (Å²) in [6.07, 6.45) is 4.88. The van der Waals surface area contributed by atoms with Crippen LogP contribution in [0, 0.1) is 6.92 Å². The average Bonchev–Trinajstić information content (AvgIpc) is 3.41. The number of nitrogens with zero attached hydrogens (tertiary/aromatic N) is 4. The van der Waals surface area contributed by atoms with Crippen molar-refractivity contribution in [2.75, 3.05) is 10.6 Å². The van der Waals surface area contributed by atoms with Gasteiger partial charge in [0.05, 0.1) is 24.8 Å². The number of aromatic nitrogens is 5. The second kappa shape index (κ2) is 7.60. The fourth-order valence-electron chi connectivity index (χ4n) is 2.29. The van der Waals surface area contributed by atoms with E-state index in [0.717, 1.165) is 11.3 Å². The van der Waals surface area contributed by atoms with Crippen molar-refractivity contribution in [3.8, 4) is 5.88 Å². The Bertz CT molecular complexity index is 994. The molecule has 0 saturated heterocycles. The molecule has 0 aliphatic heterocycles. The second-order valence-electron chi connectivity index (χ2n) is 5.72. The third-order valence-electron chi connectivity index (χ3n) is 3.54. The average molecular weight is 367 g/mol. The van der Waals surface area contributed by atoms with Gasteiger partial charge in [-0.05, 0) is 19.1 Å². The maximum Gasteiger partial charge on any atom is 0.224 e. The third kappa shape index (κ3) is 4.42. The molecule has 4 aromatic rings. The topological polar surface area (TPSA) is 127 Å². The van der Waals surface area contributed by atoms with E-state index in [9.17, 15) is 0 Å². The van der Waals surface area contributed by atoms with Crippen molar-refractivity contribution >= 4 is 17.6 Å². The summed E-state index contributed by atoms with van der Waals surface area (Å²) in [7, 11) is 0. The first-order valence-electron chi connectivity index (χ1n) is 8.20. The summed E-state index contributed by atoms with van der Waals surface area (Å²) in [5.41, 5.74) is 1.76. The van der Waals surface area contributed by atoms with Gasteiger partial charge in [0, 0.05) is 23.9 Å². The largest absolute Gasteiger partial charge is 0.473 e. The zero-order valence-electron chi connectivity index (χ0n) is 14.5. The molecule has 138 valence electrons. The monoisotopic (exact) mass is 367 g/mol. The summed E-state index contributed by atoms with van der Waals surface area (Å²) in [6.45, 7) is 2.70. The van der Waals surface area contributed by atoms with Gasteiger partial charge in [-0.25, -0.2) is 10.1 Å². The Labute approximate surface area is 154 Å². The Morgan fingerprint density at radius 3 is 3.00 bits per heavy atom. The number of ether oxygens (including phenoxy) is 1. The highest BCUT2D eigenvalue weighted by Gasteiger charge is 2.06. The third-order valence-corrected chi connectivity index (χ3v) is 3.54. The molecule has 4 heterocycles. The summed E-state index contributed by atoms with van der Waals surface area (Å²) in [5.74, 6) is 2.87. The Morgan fingerprint density at radius 1 is 1.22 bits per heavy atom. The van der Waals surface area contributed by atoms with Gasteiger partial charge in [0.25, 0.3) is 0 Å². The van der Waals surface area contributed by atoms with Gasteiger partial charge in [0.15, 0.2) is 11.6 Å². The fraction of sp³-hybridized carbons (Fsp3) is 0.176. The summed E-state index contributed by atoms with van der Waals surface area (Å²) in [4.78, 5) is 8.56. The maximum absolute atomic E-state index is 5.60. The van der Waals surface area contributed by atoms with Gasteiger partial charge in [-0.15, -0.1) is 0 Å². The zero-order valence-corrected chi connectivity index (χ0v) is 14.5. The van der Waals surface area contributed by atoms with Crippen LogP contribution in [0.3, 0.4) is 0 Å². The van der Waals surface area contributed by atoms with Crippen molar-refractivity contribution in [2.24, 2.45) is 0 Å². The van der Waals surface area contributed by atoms with Crippen molar-refractivity contribution in [2.45, 2.75) is 20.1 Å². The first-order chi connectivity index (χ1) is 13.2. The van der Waals surface area contributed by atoms with E-state index >= 15 is 0 Å². The van der Waals surface area contributed by atoms with Gasteiger partial charge < -0.3 is 24.3 Å². The van der Waals surface area contributed by atoms with Crippen LogP contribution in [0.25, 0.3) is 0 Å². The minimum atomic E-state index is 0.390. The predicted octanol–water partition coefficient (Wildman–Crippen LogP) is 3.02. The molecule has 0 radical (unpaired) electrons. The summed E-state index contributed by atoms with van der Waals surface area (Å²) >= 11 is 0. The van der Waals surface area contributed by atoms with Crippen LogP contribution in [0.1, 0.15) is 17.0 Å². The quantitative estimate of drug-likeness (QED) is 0.430. The molecular formula is C17H17N7O3. The smallest absolute Gasteiger partial charge is 0.224 e. The highest BCUT2D eigenvalue weighted by Crippen LogP contribution is 2.18. The van der Waals surface area contributed by atoms with Crippen LogP contribution in [-0.2, 0) is 13.2 Å². The van der Waals surface area contributed by atoms with Crippen molar-refractivity contribution in [3.05, 3.63) is 60.0 Å². The SMILES string of the molecule is Cc1cc(CNc2nccc(Nc3cc(OCc4ccoc4)[nH]n3)n2)on1. The van der Waals surface area contributed by atoms with Crippen LogP contribution in [0.4, 0.5) is 17.6 Å². The number of aromatic amines is 1. The van der Waals surface area contributed by atoms with E-state index in [0.29, 0.717) is 42.4 Å². The Morgan fingerprint density at radius 2 is 2.19 bits per heavy atom. The molecule has 0 bridgehead atoms. The summed E-state index contributed by atoms with van der Waals surface area (Å²) < 4.78 is 15.7. The number of hydrogen-bond acceptors (Lipinski definition) is 9. The number of rotatable bonds is 8. The van der Waals surface area contributed by atoms with Gasteiger partial charge in [-0.3, -0.25) is 0 Å². The van der Waals surface area contributed by atoms with E-state index in [-0.39, 0.29) is 0 Å². The van der Waals surface area contributed by atoms with Crippen LogP contribution in [-0.4, -0.2) is 25.3 Å². The van der Waals surface area contributed by atoms with E-state index in [2.05, 4.69) is 36.0 Å². The normalized spacial score (nSPS) is 10.7. The predicted molar refractivity (Wildman–Crippen MR) is 95.5 cm³/mol. The van der Waals surface area contributed by atoms with E-state index in [4.69, 9.17) is 13.7 Å². The number of anilines is 3. The molecule has 4 aromatic heterocycles. The van der Waals surface area contributed by atoms with Crippen LogP contribution in [0.5, 0.6) is 5.88 Å². The van der Waals surface area contributed by atoms with Crippen molar-refractivity contribution < 1.29 is 13.7 Å². The zero-order chi connectivity index (χ0) is 18.5. The maximum atomic E-state index is 5.60. The molecule has 10 nitrogen and oxygen atoms in total. The van der Waals surface area contributed by atoms with E-state index in [1.807, 2.05) is 19.1 Å². The van der Waals surface area contributed by atoms with Crippen LogP contribution < -0.4 is 15.4 Å². The standard InChI is InChI=1S/C17H17N7O3/c1-11-6-13(27-24-11)8-19-17-18-4-2-14(21-17)20-15-7-16(23-22-15)26-10-12-3-5-25-9-12/h2-7,9H,8,10H2,1H3,(H3,18,19,20,21,22,23). The van der Waals surface area contributed by atoms with E-state index in [1.54, 1.807) is 30.9 Å². The van der Waals surface area contributed by atoms with Crippen LogP contribution >= 0.6 is 0 Å².